The summed E-state index contributed by atoms with van der Waals surface area (Å²) in [6.45, 7) is 6.97. The van der Waals surface area contributed by atoms with Crippen LogP contribution in [0.15, 0.2) is 80.1 Å². The molecule has 2 aromatic heterocycles. The zero-order chi connectivity index (χ0) is 28.7. The number of halogens is 1. The number of aryl methyl sites for hydroxylation is 1. The normalized spacial score (nSPS) is 15.2. The molecule has 0 bridgehead atoms. The molecule has 4 aromatic rings. The number of benzene rings is 2. The second-order valence-electron chi connectivity index (χ2n) is 9.54. The first kappa shape index (κ1) is 27.3. The van der Waals surface area contributed by atoms with Gasteiger partial charge in [0.15, 0.2) is 4.80 Å². The molecule has 3 heterocycles. The van der Waals surface area contributed by atoms with Crippen LogP contribution in [0.3, 0.4) is 0 Å². The van der Waals surface area contributed by atoms with E-state index >= 15 is 0 Å². The monoisotopic (exact) mass is 577 g/mol. The number of esters is 1. The van der Waals surface area contributed by atoms with Crippen molar-refractivity contribution < 1.29 is 18.9 Å². The molecule has 5 rings (SSSR count). The van der Waals surface area contributed by atoms with Gasteiger partial charge in [0.2, 0.25) is 0 Å². The molecule has 0 aliphatic carbocycles. The van der Waals surface area contributed by atoms with E-state index in [2.05, 4.69) is 4.99 Å². The predicted molar refractivity (Wildman–Crippen MR) is 152 cm³/mol. The Bertz CT molecular complexity index is 1880. The van der Waals surface area contributed by atoms with Gasteiger partial charge in [-0.15, -0.1) is 0 Å². The Morgan fingerprint density at radius 3 is 2.65 bits per heavy atom. The number of allylic oxidation sites excluding steroid dienone is 1. The van der Waals surface area contributed by atoms with E-state index in [9.17, 15) is 19.7 Å². The molecule has 204 valence electrons. The highest BCUT2D eigenvalue weighted by atomic mass is 35.5. The van der Waals surface area contributed by atoms with Crippen molar-refractivity contribution in [1.29, 1.82) is 0 Å². The molecule has 1 unspecified atom stereocenters. The third kappa shape index (κ3) is 5.03. The van der Waals surface area contributed by atoms with Crippen LogP contribution >= 0.6 is 22.9 Å². The van der Waals surface area contributed by atoms with Crippen molar-refractivity contribution in [1.82, 2.24) is 4.57 Å². The van der Waals surface area contributed by atoms with Crippen LogP contribution in [0.25, 0.3) is 17.4 Å². The molecule has 0 amide bonds. The fourth-order valence-electron chi connectivity index (χ4n) is 4.56. The third-order valence-corrected chi connectivity index (χ3v) is 7.63. The summed E-state index contributed by atoms with van der Waals surface area (Å²) < 4.78 is 13.2. The van der Waals surface area contributed by atoms with Crippen LogP contribution in [0.1, 0.15) is 43.7 Å². The Balaban J connectivity index is 1.65. The number of thiazole rings is 1. The maximum absolute atomic E-state index is 13.8. The summed E-state index contributed by atoms with van der Waals surface area (Å²) in [5.41, 5.74) is 1.84. The Labute approximate surface area is 237 Å². The van der Waals surface area contributed by atoms with E-state index in [4.69, 9.17) is 20.8 Å². The predicted octanol–water partition coefficient (Wildman–Crippen LogP) is 5.32. The van der Waals surface area contributed by atoms with Crippen molar-refractivity contribution in [2.45, 2.75) is 39.8 Å². The van der Waals surface area contributed by atoms with Gasteiger partial charge in [-0.3, -0.25) is 19.5 Å². The number of furan rings is 1. The fraction of sp³-hybridized carbons (Fsp3) is 0.207. The number of rotatable bonds is 6. The van der Waals surface area contributed by atoms with Crippen molar-refractivity contribution in [2.75, 3.05) is 0 Å². The highest BCUT2D eigenvalue weighted by molar-refractivity contribution is 7.07. The van der Waals surface area contributed by atoms with Gasteiger partial charge in [-0.25, -0.2) is 9.79 Å². The van der Waals surface area contributed by atoms with Crippen LogP contribution in [0.2, 0.25) is 5.02 Å². The van der Waals surface area contributed by atoms with Gasteiger partial charge in [-0.1, -0.05) is 47.2 Å². The molecule has 0 spiro atoms. The van der Waals surface area contributed by atoms with Gasteiger partial charge in [0.1, 0.15) is 17.6 Å². The molecule has 0 N–H and O–H groups in total. The molecular formula is C29H24ClN3O6S. The Hall–Kier alpha value is -4.28. The van der Waals surface area contributed by atoms with E-state index in [0.29, 0.717) is 42.7 Å². The lowest BCUT2D eigenvalue weighted by molar-refractivity contribution is -0.384. The molecule has 0 saturated carbocycles. The lowest BCUT2D eigenvalue weighted by atomic mass is 9.96. The van der Waals surface area contributed by atoms with Gasteiger partial charge in [0, 0.05) is 17.2 Å². The van der Waals surface area contributed by atoms with Crippen LogP contribution in [-0.2, 0) is 9.53 Å². The minimum absolute atomic E-state index is 0.0729. The van der Waals surface area contributed by atoms with E-state index in [1.165, 1.54) is 10.6 Å². The standard InChI is InChI=1S/C29H24ClN3O6S/c1-15(2)38-28(35)25-17(4)31-29-32(26(25)19-7-5-6-8-21(19)30)27(34)24(40-29)14-18-10-12-23(39-18)20-11-9-16(3)13-22(20)33(36)37/h5-15,26H,1-4H3. The molecule has 40 heavy (non-hydrogen) atoms. The number of nitrogens with zero attached hydrogens (tertiary/aromatic N) is 3. The average Bonchev–Trinajstić information content (AvgIpc) is 3.47. The lowest BCUT2D eigenvalue weighted by Gasteiger charge is -2.26. The van der Waals surface area contributed by atoms with Gasteiger partial charge in [0.25, 0.3) is 11.2 Å². The quantitative estimate of drug-likeness (QED) is 0.174. The Kier molecular flexibility index (Phi) is 7.31. The van der Waals surface area contributed by atoms with E-state index < -0.39 is 22.5 Å². The molecule has 1 atom stereocenters. The molecule has 1 aliphatic heterocycles. The van der Waals surface area contributed by atoms with E-state index in [0.717, 1.165) is 16.9 Å². The number of nitro groups is 1. The number of carbonyl (C=O) groups excluding carboxylic acids is 1. The highest BCUT2D eigenvalue weighted by Gasteiger charge is 2.34. The summed E-state index contributed by atoms with van der Waals surface area (Å²) in [7, 11) is 0. The maximum Gasteiger partial charge on any atom is 0.338 e. The molecule has 0 fully saturated rings. The molecule has 9 nitrogen and oxygen atoms in total. The third-order valence-electron chi connectivity index (χ3n) is 6.30. The number of nitro benzene ring substituents is 1. The number of carbonyl (C=O) groups is 1. The van der Waals surface area contributed by atoms with Crippen molar-refractivity contribution >= 4 is 40.7 Å². The number of aromatic nitrogens is 1. The number of fused-ring (bicyclic) bond motifs is 1. The highest BCUT2D eigenvalue weighted by Crippen LogP contribution is 2.35. The number of ether oxygens (including phenoxy) is 1. The minimum Gasteiger partial charge on any atom is -0.459 e. The summed E-state index contributed by atoms with van der Waals surface area (Å²) in [4.78, 5) is 43.1. The lowest BCUT2D eigenvalue weighted by Crippen LogP contribution is -2.40. The van der Waals surface area contributed by atoms with Crippen molar-refractivity contribution in [3.05, 3.63) is 118 Å². The SMILES string of the molecule is CC1=C(C(=O)OC(C)C)C(c2ccccc2Cl)n2c(sc(=Cc3ccc(-c4ccc(C)cc4[N+](=O)[O-])o3)c2=O)=N1. The number of hydrogen-bond acceptors (Lipinski definition) is 8. The molecular weight excluding hydrogens is 554 g/mol. The first-order chi connectivity index (χ1) is 19.0. The second-order valence-corrected chi connectivity index (χ2v) is 11.0. The molecule has 0 radical (unpaired) electrons. The van der Waals surface area contributed by atoms with Crippen molar-refractivity contribution in [2.24, 2.45) is 4.99 Å². The molecule has 0 saturated heterocycles. The molecule has 1 aliphatic rings. The maximum atomic E-state index is 13.8. The first-order valence-electron chi connectivity index (χ1n) is 12.4. The van der Waals surface area contributed by atoms with Crippen LogP contribution in [0.5, 0.6) is 0 Å². The fourth-order valence-corrected chi connectivity index (χ4v) is 5.82. The summed E-state index contributed by atoms with van der Waals surface area (Å²) in [6, 6.07) is 14.3. The molecule has 2 aromatic carbocycles. The largest absolute Gasteiger partial charge is 0.459 e. The first-order valence-corrected chi connectivity index (χ1v) is 13.6. The van der Waals surface area contributed by atoms with Crippen LogP contribution in [0, 0.1) is 17.0 Å². The van der Waals surface area contributed by atoms with Gasteiger partial charge < -0.3 is 9.15 Å². The van der Waals surface area contributed by atoms with Gasteiger partial charge in [0.05, 0.1) is 32.4 Å². The Morgan fingerprint density at radius 2 is 1.95 bits per heavy atom. The number of hydrogen-bond donors (Lipinski definition) is 0. The summed E-state index contributed by atoms with van der Waals surface area (Å²) in [5, 5.41) is 12.0. The zero-order valence-corrected chi connectivity index (χ0v) is 23.6. The molecule has 11 heteroatoms. The topological polar surface area (TPSA) is 117 Å². The van der Waals surface area contributed by atoms with Gasteiger partial charge in [-0.2, -0.15) is 0 Å². The van der Waals surface area contributed by atoms with Crippen LogP contribution in [0.4, 0.5) is 5.69 Å². The summed E-state index contributed by atoms with van der Waals surface area (Å²) in [6.07, 6.45) is 1.18. The smallest absolute Gasteiger partial charge is 0.338 e. The van der Waals surface area contributed by atoms with Crippen LogP contribution < -0.4 is 14.9 Å². The zero-order valence-electron chi connectivity index (χ0n) is 22.0. The van der Waals surface area contributed by atoms with Crippen LogP contribution in [-0.4, -0.2) is 21.6 Å². The van der Waals surface area contributed by atoms with Crippen molar-refractivity contribution in [3.8, 4) is 11.3 Å². The van der Waals surface area contributed by atoms with E-state index in [1.807, 2.05) is 0 Å². The van der Waals surface area contributed by atoms with E-state index in [-0.39, 0.29) is 17.4 Å². The summed E-state index contributed by atoms with van der Waals surface area (Å²) in [5.74, 6) is 0.0552. The van der Waals surface area contributed by atoms with Crippen molar-refractivity contribution in [3.63, 3.8) is 0 Å². The van der Waals surface area contributed by atoms with Gasteiger partial charge >= 0.3 is 5.97 Å². The minimum atomic E-state index is -0.847. The second kappa shape index (κ2) is 10.7. The summed E-state index contributed by atoms with van der Waals surface area (Å²) >= 11 is 7.69. The van der Waals surface area contributed by atoms with E-state index in [1.54, 1.807) is 82.3 Å². The Morgan fingerprint density at radius 1 is 1.20 bits per heavy atom. The average molecular weight is 578 g/mol. The van der Waals surface area contributed by atoms with Gasteiger partial charge in [-0.05, 0) is 63.1 Å².